The van der Waals surface area contributed by atoms with E-state index < -0.39 is 23.8 Å². The van der Waals surface area contributed by atoms with Crippen molar-refractivity contribution in [2.75, 3.05) is 19.6 Å². The Morgan fingerprint density at radius 3 is 2.68 bits per heavy atom. The number of hydrogen-bond acceptors (Lipinski definition) is 6. The largest absolute Gasteiger partial charge is 0.313 e. The van der Waals surface area contributed by atoms with Gasteiger partial charge in [-0.15, -0.1) is 0 Å². The van der Waals surface area contributed by atoms with Crippen molar-refractivity contribution in [1.82, 2.24) is 20.4 Å². The van der Waals surface area contributed by atoms with E-state index in [0.29, 0.717) is 23.7 Å². The molecular formula is C20H24N4O4. The molecule has 0 saturated carbocycles. The summed E-state index contributed by atoms with van der Waals surface area (Å²) in [4.78, 5) is 52.5. The van der Waals surface area contributed by atoms with Gasteiger partial charge in [-0.25, -0.2) is 0 Å². The molecule has 8 heteroatoms. The van der Waals surface area contributed by atoms with Crippen LogP contribution in [-0.2, 0) is 16.1 Å². The molecule has 4 rings (SSSR count). The van der Waals surface area contributed by atoms with Crippen LogP contribution < -0.4 is 10.6 Å². The number of carbonyl (C=O) groups excluding carboxylic acids is 4. The third-order valence-corrected chi connectivity index (χ3v) is 5.59. The number of benzene rings is 1. The molecule has 3 aliphatic heterocycles. The van der Waals surface area contributed by atoms with E-state index in [1.54, 1.807) is 12.1 Å². The summed E-state index contributed by atoms with van der Waals surface area (Å²) in [6.07, 6.45) is 1.36. The Morgan fingerprint density at radius 1 is 1.11 bits per heavy atom. The number of piperidine rings is 1. The minimum atomic E-state index is -0.925. The van der Waals surface area contributed by atoms with Crippen molar-refractivity contribution in [3.63, 3.8) is 0 Å². The van der Waals surface area contributed by atoms with Crippen molar-refractivity contribution < 1.29 is 19.2 Å². The maximum atomic E-state index is 12.9. The van der Waals surface area contributed by atoms with E-state index in [-0.39, 0.29) is 18.7 Å². The molecular weight excluding hydrogens is 360 g/mol. The zero-order valence-electron chi connectivity index (χ0n) is 15.9. The molecule has 0 aliphatic carbocycles. The van der Waals surface area contributed by atoms with Gasteiger partial charge in [-0.2, -0.15) is 0 Å². The van der Waals surface area contributed by atoms with Crippen LogP contribution in [0.1, 0.15) is 52.5 Å². The average Bonchev–Trinajstić information content (AvgIpc) is 2.79. The van der Waals surface area contributed by atoms with Crippen molar-refractivity contribution in [2.45, 2.75) is 44.8 Å². The molecule has 1 aromatic rings. The molecule has 8 nitrogen and oxygen atoms in total. The van der Waals surface area contributed by atoms with E-state index in [1.165, 1.54) is 0 Å². The van der Waals surface area contributed by atoms with Crippen molar-refractivity contribution in [3.8, 4) is 0 Å². The fourth-order valence-electron chi connectivity index (χ4n) is 4.21. The minimum Gasteiger partial charge on any atom is -0.313 e. The summed E-state index contributed by atoms with van der Waals surface area (Å²) in [6.45, 7) is 5.76. The number of rotatable bonds is 3. The SMILES string of the molecule is CC1CN(Cc2ccc3c(c2)C(=O)N(C2CCC(=O)NC2=O)C3=O)CCCN1. The molecule has 3 heterocycles. The smallest absolute Gasteiger partial charge is 0.262 e. The molecule has 2 fully saturated rings. The molecule has 2 atom stereocenters. The first kappa shape index (κ1) is 18.8. The summed E-state index contributed by atoms with van der Waals surface area (Å²) in [6, 6.07) is 4.80. The van der Waals surface area contributed by atoms with E-state index in [2.05, 4.69) is 22.5 Å². The fraction of sp³-hybridized carbons (Fsp3) is 0.500. The van der Waals surface area contributed by atoms with Crippen LogP contribution >= 0.6 is 0 Å². The van der Waals surface area contributed by atoms with Crippen LogP contribution in [0, 0.1) is 0 Å². The predicted molar refractivity (Wildman–Crippen MR) is 100 cm³/mol. The highest BCUT2D eigenvalue weighted by Gasteiger charge is 2.44. The molecule has 3 aliphatic rings. The van der Waals surface area contributed by atoms with Crippen LogP contribution in [0.3, 0.4) is 0 Å². The molecule has 0 bridgehead atoms. The predicted octanol–water partition coefficient (Wildman–Crippen LogP) is 0.272. The minimum absolute atomic E-state index is 0.121. The molecule has 2 unspecified atom stereocenters. The van der Waals surface area contributed by atoms with E-state index >= 15 is 0 Å². The van der Waals surface area contributed by atoms with Crippen molar-refractivity contribution in [1.29, 1.82) is 0 Å². The Labute approximate surface area is 163 Å². The van der Waals surface area contributed by atoms with E-state index in [9.17, 15) is 19.2 Å². The summed E-state index contributed by atoms with van der Waals surface area (Å²) in [5.41, 5.74) is 1.64. The molecule has 4 amide bonds. The number of amides is 4. The van der Waals surface area contributed by atoms with Crippen LogP contribution in [0.2, 0.25) is 0 Å². The monoisotopic (exact) mass is 384 g/mol. The molecule has 2 saturated heterocycles. The average molecular weight is 384 g/mol. The van der Waals surface area contributed by atoms with Gasteiger partial charge >= 0.3 is 0 Å². The Bertz CT molecular complexity index is 853. The van der Waals surface area contributed by atoms with Gasteiger partial charge in [0.05, 0.1) is 11.1 Å². The quantitative estimate of drug-likeness (QED) is 0.726. The van der Waals surface area contributed by atoms with Crippen molar-refractivity contribution in [3.05, 3.63) is 34.9 Å². The van der Waals surface area contributed by atoms with Crippen LogP contribution in [0.5, 0.6) is 0 Å². The van der Waals surface area contributed by atoms with Gasteiger partial charge < -0.3 is 5.32 Å². The lowest BCUT2D eigenvalue weighted by molar-refractivity contribution is -0.136. The third-order valence-electron chi connectivity index (χ3n) is 5.59. The first-order chi connectivity index (χ1) is 13.4. The summed E-state index contributed by atoms with van der Waals surface area (Å²) >= 11 is 0. The zero-order chi connectivity index (χ0) is 19.8. The third kappa shape index (κ3) is 3.45. The second-order valence-corrected chi connectivity index (χ2v) is 7.77. The maximum Gasteiger partial charge on any atom is 0.262 e. The normalized spacial score (nSPS) is 26.2. The number of nitrogens with one attached hydrogen (secondary N) is 2. The Hall–Kier alpha value is -2.58. The van der Waals surface area contributed by atoms with Crippen LogP contribution in [0.15, 0.2) is 18.2 Å². The number of fused-ring (bicyclic) bond motifs is 1. The van der Waals surface area contributed by atoms with Crippen molar-refractivity contribution >= 4 is 23.6 Å². The van der Waals surface area contributed by atoms with Gasteiger partial charge in [0, 0.05) is 25.6 Å². The molecule has 28 heavy (non-hydrogen) atoms. The van der Waals surface area contributed by atoms with Crippen molar-refractivity contribution in [2.24, 2.45) is 0 Å². The number of nitrogens with zero attached hydrogens (tertiary/aromatic N) is 2. The van der Waals surface area contributed by atoms with Gasteiger partial charge in [0.2, 0.25) is 11.8 Å². The van der Waals surface area contributed by atoms with Crippen LogP contribution in [-0.4, -0.2) is 65.1 Å². The van der Waals surface area contributed by atoms with Gasteiger partial charge in [0.25, 0.3) is 11.8 Å². The van der Waals surface area contributed by atoms with Crippen LogP contribution in [0.4, 0.5) is 0 Å². The first-order valence-corrected chi connectivity index (χ1v) is 9.74. The van der Waals surface area contributed by atoms with Gasteiger partial charge in [0.1, 0.15) is 6.04 Å². The maximum absolute atomic E-state index is 12.9. The van der Waals surface area contributed by atoms with E-state index in [4.69, 9.17) is 0 Å². The van der Waals surface area contributed by atoms with Gasteiger partial charge in [-0.05, 0) is 50.6 Å². The highest BCUT2D eigenvalue weighted by Crippen LogP contribution is 2.28. The van der Waals surface area contributed by atoms with Crippen LogP contribution in [0.25, 0.3) is 0 Å². The molecule has 0 aromatic heterocycles. The Kier molecular flexibility index (Phi) is 4.99. The molecule has 0 spiro atoms. The Balaban J connectivity index is 1.54. The lowest BCUT2D eigenvalue weighted by atomic mass is 10.0. The topological polar surface area (TPSA) is 98.8 Å². The number of imide groups is 2. The summed E-state index contributed by atoms with van der Waals surface area (Å²) in [5, 5.41) is 5.67. The lowest BCUT2D eigenvalue weighted by Crippen LogP contribution is -2.54. The summed E-state index contributed by atoms with van der Waals surface area (Å²) in [7, 11) is 0. The lowest BCUT2D eigenvalue weighted by Gasteiger charge is -2.27. The van der Waals surface area contributed by atoms with E-state index in [0.717, 1.165) is 36.5 Å². The molecule has 2 N–H and O–H groups in total. The first-order valence-electron chi connectivity index (χ1n) is 9.74. The Morgan fingerprint density at radius 2 is 1.89 bits per heavy atom. The highest BCUT2D eigenvalue weighted by atomic mass is 16.2. The summed E-state index contributed by atoms with van der Waals surface area (Å²) in [5.74, 6) is -1.88. The highest BCUT2D eigenvalue weighted by molar-refractivity contribution is 6.23. The molecule has 1 aromatic carbocycles. The number of carbonyl (C=O) groups is 4. The fourth-order valence-corrected chi connectivity index (χ4v) is 4.21. The second-order valence-electron chi connectivity index (χ2n) is 7.77. The zero-order valence-corrected chi connectivity index (χ0v) is 15.9. The second kappa shape index (κ2) is 7.44. The van der Waals surface area contributed by atoms with Gasteiger partial charge in [0.15, 0.2) is 0 Å². The molecule has 0 radical (unpaired) electrons. The standard InChI is InChI=1S/C20H24N4O4/c1-12-10-23(8-2-7-21-12)11-13-3-4-14-15(9-13)20(28)24(19(14)27)16-5-6-17(25)22-18(16)26/h3-4,9,12,16,21H,2,5-8,10-11H2,1H3,(H,22,25,26). The molecule has 148 valence electrons. The number of hydrogen-bond donors (Lipinski definition) is 2. The van der Waals surface area contributed by atoms with E-state index in [1.807, 2.05) is 6.07 Å². The van der Waals surface area contributed by atoms with Gasteiger partial charge in [-0.3, -0.25) is 34.3 Å². The summed E-state index contributed by atoms with van der Waals surface area (Å²) < 4.78 is 0. The van der Waals surface area contributed by atoms with Gasteiger partial charge in [-0.1, -0.05) is 6.07 Å².